The molecule has 0 saturated carbocycles. The van der Waals surface area contributed by atoms with Crippen molar-refractivity contribution in [1.29, 1.82) is 0 Å². The Balaban J connectivity index is 2.15. The third-order valence-electron chi connectivity index (χ3n) is 2.39. The molecule has 18 heavy (non-hydrogen) atoms. The lowest BCUT2D eigenvalue weighted by Crippen LogP contribution is -2.17. The monoisotopic (exact) mass is 265 g/mol. The Kier molecular flexibility index (Phi) is 3.52. The molecule has 0 unspecified atom stereocenters. The van der Waals surface area contributed by atoms with Crippen molar-refractivity contribution in [3.05, 3.63) is 35.0 Å². The molecule has 0 aliphatic carbocycles. The fraction of sp³-hybridized carbons (Fsp3) is 0.417. The molecular formula is C12H16ClN5. The first-order valence-corrected chi connectivity index (χ1v) is 6.09. The minimum atomic E-state index is -0.128. The lowest BCUT2D eigenvalue weighted by Gasteiger charge is -2.17. The Morgan fingerprint density at radius 1 is 1.33 bits per heavy atom. The summed E-state index contributed by atoms with van der Waals surface area (Å²) in [5, 5.41) is 10.3. The molecule has 2 aromatic heterocycles. The predicted molar refractivity (Wildman–Crippen MR) is 71.7 cm³/mol. The number of H-pyrrole nitrogens is 1. The van der Waals surface area contributed by atoms with E-state index in [0.717, 1.165) is 17.2 Å². The zero-order valence-electron chi connectivity index (χ0n) is 10.7. The second-order valence-electron chi connectivity index (χ2n) is 5.11. The highest BCUT2D eigenvalue weighted by atomic mass is 35.5. The lowest BCUT2D eigenvalue weighted by atomic mass is 9.96. The van der Waals surface area contributed by atoms with Crippen LogP contribution in [0.1, 0.15) is 32.2 Å². The average Bonchev–Trinajstić information content (AvgIpc) is 2.77. The van der Waals surface area contributed by atoms with E-state index in [1.165, 1.54) is 0 Å². The van der Waals surface area contributed by atoms with Crippen molar-refractivity contribution in [3.63, 3.8) is 0 Å². The summed E-state index contributed by atoms with van der Waals surface area (Å²) in [4.78, 5) is 8.71. The van der Waals surface area contributed by atoms with Crippen LogP contribution in [0.25, 0.3) is 0 Å². The number of nitrogens with zero attached hydrogens (tertiary/aromatic N) is 3. The van der Waals surface area contributed by atoms with Gasteiger partial charge >= 0.3 is 0 Å². The van der Waals surface area contributed by atoms with Gasteiger partial charge in [0.05, 0.1) is 6.20 Å². The molecule has 0 aliphatic rings. The summed E-state index contributed by atoms with van der Waals surface area (Å²) < 4.78 is 0. The number of halogens is 1. The largest absolute Gasteiger partial charge is 0.366 e. The molecule has 96 valence electrons. The Hall–Kier alpha value is -1.62. The number of aromatic amines is 1. The SMILES string of the molecule is CC(C)(C)c1nc(Cl)cc(NCc2cn[nH]c2)n1. The van der Waals surface area contributed by atoms with Crippen LogP contribution in [0.5, 0.6) is 0 Å². The summed E-state index contributed by atoms with van der Waals surface area (Å²) >= 11 is 6.01. The number of nitrogens with one attached hydrogen (secondary N) is 2. The van der Waals surface area contributed by atoms with Crippen LogP contribution in [0.3, 0.4) is 0 Å². The molecular weight excluding hydrogens is 250 g/mol. The average molecular weight is 266 g/mol. The summed E-state index contributed by atoms with van der Waals surface area (Å²) in [6, 6.07) is 1.72. The van der Waals surface area contributed by atoms with E-state index in [-0.39, 0.29) is 5.41 Å². The number of rotatable bonds is 3. The second kappa shape index (κ2) is 4.94. The van der Waals surface area contributed by atoms with E-state index in [1.54, 1.807) is 12.3 Å². The molecule has 2 N–H and O–H groups in total. The number of hydrogen-bond donors (Lipinski definition) is 2. The first-order chi connectivity index (χ1) is 8.45. The van der Waals surface area contributed by atoms with Crippen molar-refractivity contribution >= 4 is 17.4 Å². The molecule has 6 heteroatoms. The van der Waals surface area contributed by atoms with Crippen LogP contribution < -0.4 is 5.32 Å². The topological polar surface area (TPSA) is 66.5 Å². The summed E-state index contributed by atoms with van der Waals surface area (Å²) in [5.74, 6) is 1.45. The molecule has 0 saturated heterocycles. The number of hydrogen-bond acceptors (Lipinski definition) is 4. The summed E-state index contributed by atoms with van der Waals surface area (Å²) in [6.07, 6.45) is 3.60. The molecule has 0 bridgehead atoms. The van der Waals surface area contributed by atoms with Gasteiger partial charge in [-0.15, -0.1) is 0 Å². The van der Waals surface area contributed by atoms with E-state index < -0.39 is 0 Å². The van der Waals surface area contributed by atoms with Crippen molar-refractivity contribution < 1.29 is 0 Å². The van der Waals surface area contributed by atoms with Crippen LogP contribution in [-0.2, 0) is 12.0 Å². The molecule has 0 aliphatic heterocycles. The van der Waals surface area contributed by atoms with Crippen LogP contribution >= 0.6 is 11.6 Å². The quantitative estimate of drug-likeness (QED) is 0.838. The fourth-order valence-electron chi connectivity index (χ4n) is 1.41. The van der Waals surface area contributed by atoms with E-state index in [9.17, 15) is 0 Å². The Labute approximate surface area is 111 Å². The van der Waals surface area contributed by atoms with Crippen LogP contribution in [0, 0.1) is 0 Å². The first-order valence-electron chi connectivity index (χ1n) is 5.72. The van der Waals surface area contributed by atoms with Crippen LogP contribution in [0.4, 0.5) is 5.82 Å². The van der Waals surface area contributed by atoms with E-state index in [1.807, 2.05) is 6.20 Å². The number of aromatic nitrogens is 4. The maximum atomic E-state index is 6.01. The Morgan fingerprint density at radius 3 is 2.72 bits per heavy atom. The van der Waals surface area contributed by atoms with Crippen LogP contribution in [0.15, 0.2) is 18.5 Å². The highest BCUT2D eigenvalue weighted by molar-refractivity contribution is 6.29. The minimum absolute atomic E-state index is 0.128. The van der Waals surface area contributed by atoms with Crippen LogP contribution in [-0.4, -0.2) is 20.2 Å². The van der Waals surface area contributed by atoms with E-state index >= 15 is 0 Å². The van der Waals surface area contributed by atoms with Crippen molar-refractivity contribution in [2.24, 2.45) is 0 Å². The van der Waals surface area contributed by atoms with E-state index in [0.29, 0.717) is 11.7 Å². The second-order valence-corrected chi connectivity index (χ2v) is 5.50. The van der Waals surface area contributed by atoms with Gasteiger partial charge in [-0.1, -0.05) is 32.4 Å². The number of anilines is 1. The first kappa shape index (κ1) is 12.8. The highest BCUT2D eigenvalue weighted by Gasteiger charge is 2.18. The zero-order chi connectivity index (χ0) is 13.2. The molecule has 0 amide bonds. The molecule has 2 aromatic rings. The molecule has 0 radical (unpaired) electrons. The van der Waals surface area contributed by atoms with Gasteiger partial charge in [-0.05, 0) is 0 Å². The Bertz CT molecular complexity index is 516. The normalized spacial score (nSPS) is 11.6. The van der Waals surface area contributed by atoms with Gasteiger partial charge in [0, 0.05) is 29.8 Å². The zero-order valence-corrected chi connectivity index (χ0v) is 11.4. The fourth-order valence-corrected chi connectivity index (χ4v) is 1.59. The van der Waals surface area contributed by atoms with Gasteiger partial charge in [0.1, 0.15) is 16.8 Å². The van der Waals surface area contributed by atoms with Crippen molar-refractivity contribution in [2.75, 3.05) is 5.32 Å². The Morgan fingerprint density at radius 2 is 2.11 bits per heavy atom. The van der Waals surface area contributed by atoms with Gasteiger partial charge in [-0.3, -0.25) is 5.10 Å². The van der Waals surface area contributed by atoms with Gasteiger partial charge in [-0.2, -0.15) is 5.10 Å². The summed E-state index contributed by atoms with van der Waals surface area (Å²) in [6.45, 7) is 6.81. The van der Waals surface area contributed by atoms with Crippen LogP contribution in [0.2, 0.25) is 5.15 Å². The van der Waals surface area contributed by atoms with E-state index in [4.69, 9.17) is 11.6 Å². The van der Waals surface area contributed by atoms with Gasteiger partial charge < -0.3 is 5.32 Å². The third-order valence-corrected chi connectivity index (χ3v) is 2.59. The molecule has 0 fully saturated rings. The highest BCUT2D eigenvalue weighted by Crippen LogP contribution is 2.22. The lowest BCUT2D eigenvalue weighted by molar-refractivity contribution is 0.546. The third kappa shape index (κ3) is 3.20. The maximum absolute atomic E-state index is 6.01. The molecule has 2 heterocycles. The molecule has 2 rings (SSSR count). The molecule has 0 aromatic carbocycles. The molecule has 0 spiro atoms. The van der Waals surface area contributed by atoms with Crippen molar-refractivity contribution in [1.82, 2.24) is 20.2 Å². The maximum Gasteiger partial charge on any atom is 0.137 e. The summed E-state index contributed by atoms with van der Waals surface area (Å²) in [7, 11) is 0. The van der Waals surface area contributed by atoms with Gasteiger partial charge in [-0.25, -0.2) is 9.97 Å². The smallest absolute Gasteiger partial charge is 0.137 e. The van der Waals surface area contributed by atoms with Crippen molar-refractivity contribution in [3.8, 4) is 0 Å². The van der Waals surface area contributed by atoms with Gasteiger partial charge in [0.15, 0.2) is 0 Å². The molecule has 0 atom stereocenters. The standard InChI is InChI=1S/C12H16ClN5/c1-12(2,3)11-17-9(13)4-10(18-11)14-5-8-6-15-16-7-8/h4,6-7H,5H2,1-3H3,(H,15,16)(H,14,17,18). The van der Waals surface area contributed by atoms with Crippen molar-refractivity contribution in [2.45, 2.75) is 32.7 Å². The van der Waals surface area contributed by atoms with Gasteiger partial charge in [0.2, 0.25) is 0 Å². The molecule has 5 nitrogen and oxygen atoms in total. The summed E-state index contributed by atoms with van der Waals surface area (Å²) in [5.41, 5.74) is 0.929. The van der Waals surface area contributed by atoms with Gasteiger partial charge in [0.25, 0.3) is 0 Å². The predicted octanol–water partition coefficient (Wildman–Crippen LogP) is 2.76. The minimum Gasteiger partial charge on any atom is -0.366 e. The van der Waals surface area contributed by atoms with E-state index in [2.05, 4.69) is 46.3 Å².